The Morgan fingerprint density at radius 3 is 2.94 bits per heavy atom. The van der Waals surface area contributed by atoms with Crippen molar-refractivity contribution in [2.75, 3.05) is 13.2 Å². The zero-order valence-electron chi connectivity index (χ0n) is 9.56. The first-order chi connectivity index (χ1) is 7.65. The van der Waals surface area contributed by atoms with Crippen molar-refractivity contribution in [3.63, 3.8) is 0 Å². The minimum absolute atomic E-state index is 0.0549. The fraction of sp³-hybridized carbons (Fsp3) is 0.417. The van der Waals surface area contributed by atoms with Crippen LogP contribution < -0.4 is 10.5 Å². The van der Waals surface area contributed by atoms with Crippen molar-refractivity contribution >= 4 is 6.02 Å². The second-order valence-corrected chi connectivity index (χ2v) is 4.00. The fourth-order valence-electron chi connectivity index (χ4n) is 1.67. The Balaban J connectivity index is 1.90. The Labute approximate surface area is 95.1 Å². The Morgan fingerprint density at radius 1 is 1.50 bits per heavy atom. The zero-order chi connectivity index (χ0) is 11.5. The van der Waals surface area contributed by atoms with Gasteiger partial charge in [-0.3, -0.25) is 0 Å². The summed E-state index contributed by atoms with van der Waals surface area (Å²) < 4.78 is 10.9. The average Bonchev–Trinajstić information content (AvgIpc) is 2.63. The van der Waals surface area contributed by atoms with Crippen molar-refractivity contribution in [3.05, 3.63) is 29.3 Å². The molecule has 0 radical (unpaired) electrons. The number of amidine groups is 1. The van der Waals surface area contributed by atoms with Crippen LogP contribution in [-0.4, -0.2) is 25.3 Å². The molecule has 1 heterocycles. The molecule has 2 N–H and O–H groups in total. The number of aliphatic imine (C=N–C) groups is 1. The summed E-state index contributed by atoms with van der Waals surface area (Å²) in [5, 5.41) is 0. The summed E-state index contributed by atoms with van der Waals surface area (Å²) in [5.41, 5.74) is 7.78. The molecule has 0 spiro atoms. The molecule has 0 amide bonds. The van der Waals surface area contributed by atoms with Gasteiger partial charge >= 0.3 is 0 Å². The topological polar surface area (TPSA) is 56.8 Å². The lowest BCUT2D eigenvalue weighted by Gasteiger charge is -2.13. The molecule has 2 rings (SSSR count). The van der Waals surface area contributed by atoms with E-state index in [1.807, 2.05) is 19.1 Å². The van der Waals surface area contributed by atoms with Crippen molar-refractivity contribution in [1.29, 1.82) is 0 Å². The molecule has 1 aromatic rings. The molecule has 1 aliphatic rings. The van der Waals surface area contributed by atoms with Crippen LogP contribution in [0.1, 0.15) is 11.1 Å². The van der Waals surface area contributed by atoms with Crippen LogP contribution in [0.4, 0.5) is 0 Å². The lowest BCUT2D eigenvalue weighted by molar-refractivity contribution is 0.141. The first kappa shape index (κ1) is 10.8. The van der Waals surface area contributed by atoms with Gasteiger partial charge in [-0.1, -0.05) is 17.7 Å². The van der Waals surface area contributed by atoms with Crippen molar-refractivity contribution in [1.82, 2.24) is 0 Å². The van der Waals surface area contributed by atoms with Crippen LogP contribution in [0.25, 0.3) is 0 Å². The van der Waals surface area contributed by atoms with E-state index < -0.39 is 0 Å². The van der Waals surface area contributed by atoms with Gasteiger partial charge in [0.05, 0.1) is 6.54 Å². The molecule has 86 valence electrons. The molecule has 0 saturated carbocycles. The van der Waals surface area contributed by atoms with Crippen LogP contribution in [-0.2, 0) is 4.74 Å². The van der Waals surface area contributed by atoms with Crippen LogP contribution in [0.5, 0.6) is 5.75 Å². The summed E-state index contributed by atoms with van der Waals surface area (Å²) in [7, 11) is 0. The van der Waals surface area contributed by atoms with Crippen LogP contribution >= 0.6 is 0 Å². The summed E-state index contributed by atoms with van der Waals surface area (Å²) >= 11 is 0. The standard InChI is InChI=1S/C12H16N2O2/c1-8-3-4-11(9(2)5-8)15-7-10-6-14-12(13)16-10/h3-5,10H,6-7H2,1-2H3,(H2,13,14). The zero-order valence-corrected chi connectivity index (χ0v) is 9.56. The maximum Gasteiger partial charge on any atom is 0.282 e. The van der Waals surface area contributed by atoms with E-state index in [-0.39, 0.29) is 12.1 Å². The summed E-state index contributed by atoms with van der Waals surface area (Å²) in [6, 6.07) is 6.36. The van der Waals surface area contributed by atoms with Crippen LogP contribution in [0.3, 0.4) is 0 Å². The molecule has 0 saturated heterocycles. The Morgan fingerprint density at radius 2 is 2.31 bits per heavy atom. The monoisotopic (exact) mass is 220 g/mol. The Hall–Kier alpha value is -1.71. The number of aryl methyl sites for hydroxylation is 2. The minimum atomic E-state index is -0.0549. The quantitative estimate of drug-likeness (QED) is 0.837. The van der Waals surface area contributed by atoms with Gasteiger partial charge in [0, 0.05) is 0 Å². The third kappa shape index (κ3) is 2.45. The first-order valence-electron chi connectivity index (χ1n) is 5.32. The van der Waals surface area contributed by atoms with Crippen LogP contribution in [0, 0.1) is 13.8 Å². The predicted octanol–water partition coefficient (Wildman–Crippen LogP) is 1.40. The van der Waals surface area contributed by atoms with Gasteiger partial charge in [-0.15, -0.1) is 0 Å². The lowest BCUT2D eigenvalue weighted by Crippen LogP contribution is -2.24. The number of hydrogen-bond donors (Lipinski definition) is 1. The smallest absolute Gasteiger partial charge is 0.282 e. The Kier molecular flexibility index (Phi) is 2.99. The van der Waals surface area contributed by atoms with Gasteiger partial charge in [0.2, 0.25) is 0 Å². The maximum absolute atomic E-state index is 5.67. The second-order valence-electron chi connectivity index (χ2n) is 4.00. The highest BCUT2D eigenvalue weighted by Gasteiger charge is 2.18. The van der Waals surface area contributed by atoms with Gasteiger partial charge in [0.15, 0.2) is 6.10 Å². The Bertz CT molecular complexity index is 415. The van der Waals surface area contributed by atoms with E-state index in [0.29, 0.717) is 13.2 Å². The largest absolute Gasteiger partial charge is 0.489 e. The predicted molar refractivity (Wildman–Crippen MR) is 62.8 cm³/mol. The van der Waals surface area contributed by atoms with Crippen molar-refractivity contribution in [3.8, 4) is 5.75 Å². The molecule has 0 fully saturated rings. The van der Waals surface area contributed by atoms with Crippen LogP contribution in [0.15, 0.2) is 23.2 Å². The molecule has 1 aliphatic heterocycles. The van der Waals surface area contributed by atoms with E-state index >= 15 is 0 Å². The molecule has 0 aromatic heterocycles. The third-order valence-corrected chi connectivity index (χ3v) is 2.49. The number of ether oxygens (including phenoxy) is 2. The van der Waals surface area contributed by atoms with E-state index in [4.69, 9.17) is 15.2 Å². The van der Waals surface area contributed by atoms with E-state index in [0.717, 1.165) is 11.3 Å². The van der Waals surface area contributed by atoms with Gasteiger partial charge < -0.3 is 15.2 Å². The highest BCUT2D eigenvalue weighted by Crippen LogP contribution is 2.19. The summed E-state index contributed by atoms with van der Waals surface area (Å²) in [6.45, 7) is 5.15. The number of benzene rings is 1. The molecular weight excluding hydrogens is 204 g/mol. The van der Waals surface area contributed by atoms with Crippen molar-refractivity contribution in [2.45, 2.75) is 20.0 Å². The molecule has 4 nitrogen and oxygen atoms in total. The van der Waals surface area contributed by atoms with Gasteiger partial charge in [-0.2, -0.15) is 0 Å². The van der Waals surface area contributed by atoms with Gasteiger partial charge in [0.25, 0.3) is 6.02 Å². The second kappa shape index (κ2) is 4.43. The third-order valence-electron chi connectivity index (χ3n) is 2.49. The fourth-order valence-corrected chi connectivity index (χ4v) is 1.67. The highest BCUT2D eigenvalue weighted by molar-refractivity contribution is 5.73. The SMILES string of the molecule is Cc1ccc(OCC2CN=C(N)O2)c(C)c1. The first-order valence-corrected chi connectivity index (χ1v) is 5.32. The molecule has 4 heteroatoms. The molecule has 16 heavy (non-hydrogen) atoms. The van der Waals surface area contributed by atoms with E-state index in [2.05, 4.69) is 18.0 Å². The maximum atomic E-state index is 5.67. The van der Waals surface area contributed by atoms with Crippen LogP contribution in [0.2, 0.25) is 0 Å². The summed E-state index contributed by atoms with van der Waals surface area (Å²) in [4.78, 5) is 3.96. The lowest BCUT2D eigenvalue weighted by atomic mass is 10.1. The highest BCUT2D eigenvalue weighted by atomic mass is 16.5. The molecule has 1 atom stereocenters. The number of hydrogen-bond acceptors (Lipinski definition) is 4. The van der Waals surface area contributed by atoms with Gasteiger partial charge in [-0.25, -0.2) is 4.99 Å². The van der Waals surface area contributed by atoms with Crippen molar-refractivity contribution in [2.24, 2.45) is 10.7 Å². The van der Waals surface area contributed by atoms with Gasteiger partial charge in [-0.05, 0) is 25.5 Å². The van der Waals surface area contributed by atoms with Gasteiger partial charge in [0.1, 0.15) is 12.4 Å². The average molecular weight is 220 g/mol. The minimum Gasteiger partial charge on any atom is -0.489 e. The number of nitrogens with two attached hydrogens (primary N) is 1. The van der Waals surface area contributed by atoms with E-state index in [1.165, 1.54) is 5.56 Å². The van der Waals surface area contributed by atoms with Crippen molar-refractivity contribution < 1.29 is 9.47 Å². The van der Waals surface area contributed by atoms with E-state index in [9.17, 15) is 0 Å². The molecule has 0 aliphatic carbocycles. The molecule has 1 unspecified atom stereocenters. The number of nitrogens with zero attached hydrogens (tertiary/aromatic N) is 1. The molecule has 0 bridgehead atoms. The number of rotatable bonds is 3. The molecule has 1 aromatic carbocycles. The summed E-state index contributed by atoms with van der Waals surface area (Å²) in [5.74, 6) is 0.889. The van der Waals surface area contributed by atoms with E-state index in [1.54, 1.807) is 0 Å². The summed E-state index contributed by atoms with van der Waals surface area (Å²) in [6.07, 6.45) is -0.0549. The normalized spacial score (nSPS) is 19.1. The molecular formula is C12H16N2O2.